The number of benzene rings is 1. The molecule has 1 heterocycles. The van der Waals surface area contributed by atoms with E-state index in [1.165, 1.54) is 12.1 Å². The maximum Gasteiger partial charge on any atom is 0.371 e. The lowest BCUT2D eigenvalue weighted by Crippen LogP contribution is -2.28. The number of ether oxygens (including phenoxy) is 1. The molecule has 1 aromatic carbocycles. The molecule has 0 fully saturated rings. The summed E-state index contributed by atoms with van der Waals surface area (Å²) in [4.78, 5) is 22.4. The molecular weight excluding hydrogens is 322 g/mol. The molecule has 23 heavy (non-hydrogen) atoms. The van der Waals surface area contributed by atoms with Crippen molar-refractivity contribution in [2.24, 2.45) is 0 Å². The second kappa shape index (κ2) is 7.19. The van der Waals surface area contributed by atoms with E-state index >= 15 is 0 Å². The first-order chi connectivity index (χ1) is 10.9. The zero-order valence-electron chi connectivity index (χ0n) is 12.7. The molecule has 0 saturated heterocycles. The number of halogens is 1. The van der Waals surface area contributed by atoms with Crippen LogP contribution in [0.5, 0.6) is 5.75 Å². The molecule has 2 rings (SSSR count). The lowest BCUT2D eigenvalue weighted by Gasteiger charge is -2.10. The molecule has 0 aliphatic heterocycles. The molecule has 0 aliphatic rings. The van der Waals surface area contributed by atoms with Crippen LogP contribution < -0.4 is 10.1 Å². The first-order valence-corrected chi connectivity index (χ1v) is 7.23. The summed E-state index contributed by atoms with van der Waals surface area (Å²) in [5.74, 6) is -0.750. The molecular formula is C16H16ClNO5. The monoisotopic (exact) mass is 337 g/mol. The third-order valence-electron chi connectivity index (χ3n) is 3.11. The molecule has 0 spiro atoms. The summed E-state index contributed by atoms with van der Waals surface area (Å²) in [5.41, 5.74) is 1.75. The number of hydrogen-bond donors (Lipinski definition) is 2. The van der Waals surface area contributed by atoms with Crippen molar-refractivity contribution >= 4 is 23.5 Å². The van der Waals surface area contributed by atoms with E-state index in [2.05, 4.69) is 5.32 Å². The maximum absolute atomic E-state index is 11.7. The highest BCUT2D eigenvalue weighted by Crippen LogP contribution is 2.25. The summed E-state index contributed by atoms with van der Waals surface area (Å²) >= 11 is 6.07. The molecule has 2 aromatic rings. The summed E-state index contributed by atoms with van der Waals surface area (Å²) in [6.07, 6.45) is 0. The number of amides is 1. The summed E-state index contributed by atoms with van der Waals surface area (Å²) in [5, 5.41) is 12.0. The maximum atomic E-state index is 11.7. The quantitative estimate of drug-likeness (QED) is 0.846. The van der Waals surface area contributed by atoms with Gasteiger partial charge in [0.1, 0.15) is 11.5 Å². The number of nitrogens with one attached hydrogen (secondary N) is 1. The number of aryl methyl sites for hydroxylation is 2. The predicted octanol–water partition coefficient (Wildman–Crippen LogP) is 2.94. The fraction of sp³-hybridized carbons (Fsp3) is 0.250. The minimum Gasteiger partial charge on any atom is -0.484 e. The van der Waals surface area contributed by atoms with Gasteiger partial charge in [-0.25, -0.2) is 4.79 Å². The fourth-order valence-corrected chi connectivity index (χ4v) is 2.07. The van der Waals surface area contributed by atoms with E-state index in [9.17, 15) is 9.59 Å². The lowest BCUT2D eigenvalue weighted by molar-refractivity contribution is -0.123. The molecule has 1 aromatic heterocycles. The average molecular weight is 338 g/mol. The van der Waals surface area contributed by atoms with Crippen LogP contribution in [0.2, 0.25) is 5.02 Å². The Morgan fingerprint density at radius 2 is 1.91 bits per heavy atom. The molecule has 0 radical (unpaired) electrons. The number of furan rings is 1. The number of aromatic carboxylic acids is 1. The van der Waals surface area contributed by atoms with Crippen LogP contribution in [-0.2, 0) is 11.3 Å². The first-order valence-electron chi connectivity index (χ1n) is 6.85. The van der Waals surface area contributed by atoms with E-state index in [1.807, 2.05) is 13.8 Å². The van der Waals surface area contributed by atoms with Gasteiger partial charge in [-0.1, -0.05) is 11.6 Å². The summed E-state index contributed by atoms with van der Waals surface area (Å²) in [6, 6.07) is 6.35. The molecule has 0 unspecified atom stereocenters. The largest absolute Gasteiger partial charge is 0.484 e. The van der Waals surface area contributed by atoms with Crippen LogP contribution in [0.3, 0.4) is 0 Å². The van der Waals surface area contributed by atoms with Crippen molar-refractivity contribution < 1.29 is 23.8 Å². The third kappa shape index (κ3) is 4.50. The second-order valence-corrected chi connectivity index (χ2v) is 5.39. The van der Waals surface area contributed by atoms with E-state index in [1.54, 1.807) is 12.1 Å². The van der Waals surface area contributed by atoms with Crippen LogP contribution in [0.25, 0.3) is 0 Å². The molecule has 0 bridgehead atoms. The molecule has 0 atom stereocenters. The van der Waals surface area contributed by atoms with Crippen LogP contribution in [0.1, 0.15) is 27.4 Å². The first kappa shape index (κ1) is 16.9. The van der Waals surface area contributed by atoms with Gasteiger partial charge in [-0.2, -0.15) is 0 Å². The minimum atomic E-state index is -1.15. The van der Waals surface area contributed by atoms with Gasteiger partial charge in [0.05, 0.1) is 6.54 Å². The number of carbonyl (C=O) groups is 2. The summed E-state index contributed by atoms with van der Waals surface area (Å²) in [6.45, 7) is 3.65. The molecule has 6 nitrogen and oxygen atoms in total. The molecule has 1 amide bonds. The van der Waals surface area contributed by atoms with Crippen LogP contribution >= 0.6 is 11.6 Å². The Morgan fingerprint density at radius 1 is 1.26 bits per heavy atom. The Kier molecular flexibility index (Phi) is 5.28. The van der Waals surface area contributed by atoms with Gasteiger partial charge in [-0.05, 0) is 49.2 Å². The molecule has 0 saturated carbocycles. The van der Waals surface area contributed by atoms with E-state index in [0.717, 1.165) is 11.1 Å². The van der Waals surface area contributed by atoms with Crippen molar-refractivity contribution in [3.8, 4) is 5.75 Å². The second-order valence-electron chi connectivity index (χ2n) is 5.01. The molecule has 122 valence electrons. The fourth-order valence-electron chi connectivity index (χ4n) is 1.96. The highest BCUT2D eigenvalue weighted by atomic mass is 35.5. The number of hydrogen-bond acceptors (Lipinski definition) is 4. The van der Waals surface area contributed by atoms with Crippen molar-refractivity contribution in [3.05, 3.63) is 51.9 Å². The van der Waals surface area contributed by atoms with Gasteiger partial charge in [-0.15, -0.1) is 0 Å². The van der Waals surface area contributed by atoms with E-state index in [0.29, 0.717) is 16.5 Å². The van der Waals surface area contributed by atoms with Crippen molar-refractivity contribution in [3.63, 3.8) is 0 Å². The Bertz CT molecular complexity index is 715. The van der Waals surface area contributed by atoms with E-state index in [-0.39, 0.29) is 24.8 Å². The van der Waals surface area contributed by atoms with Crippen LogP contribution in [-0.4, -0.2) is 23.6 Å². The average Bonchev–Trinajstić information content (AvgIpc) is 2.97. The number of carboxylic acids is 1. The van der Waals surface area contributed by atoms with Crippen molar-refractivity contribution in [2.45, 2.75) is 20.4 Å². The van der Waals surface area contributed by atoms with Crippen LogP contribution in [0.15, 0.2) is 28.7 Å². The smallest absolute Gasteiger partial charge is 0.371 e. The number of carboxylic acid groups (broad SMARTS) is 1. The van der Waals surface area contributed by atoms with E-state index in [4.69, 9.17) is 25.9 Å². The Morgan fingerprint density at radius 3 is 2.48 bits per heavy atom. The highest BCUT2D eigenvalue weighted by molar-refractivity contribution is 6.32. The normalized spacial score (nSPS) is 10.4. The highest BCUT2D eigenvalue weighted by Gasteiger charge is 2.10. The van der Waals surface area contributed by atoms with E-state index < -0.39 is 5.97 Å². The van der Waals surface area contributed by atoms with Gasteiger partial charge in [0, 0.05) is 5.02 Å². The van der Waals surface area contributed by atoms with Crippen LogP contribution in [0, 0.1) is 13.8 Å². The van der Waals surface area contributed by atoms with Gasteiger partial charge in [-0.3, -0.25) is 4.79 Å². The van der Waals surface area contributed by atoms with Gasteiger partial charge in [0.2, 0.25) is 5.76 Å². The minimum absolute atomic E-state index is 0.0914. The standard InChI is InChI=1S/C16H16ClNO5/c1-9-5-12(6-10(2)15(9)17)22-8-14(19)18-7-11-3-4-13(23-11)16(20)21/h3-6H,7-8H2,1-2H3,(H,18,19)(H,20,21). The molecule has 2 N–H and O–H groups in total. The van der Waals surface area contributed by atoms with Gasteiger partial charge >= 0.3 is 5.97 Å². The topological polar surface area (TPSA) is 88.8 Å². The zero-order chi connectivity index (χ0) is 17.0. The van der Waals surface area contributed by atoms with Gasteiger partial charge < -0.3 is 19.6 Å². The lowest BCUT2D eigenvalue weighted by atomic mass is 10.1. The molecule has 7 heteroatoms. The van der Waals surface area contributed by atoms with Crippen LogP contribution in [0.4, 0.5) is 0 Å². The third-order valence-corrected chi connectivity index (χ3v) is 3.71. The van der Waals surface area contributed by atoms with Crippen molar-refractivity contribution in [1.29, 1.82) is 0 Å². The molecule has 0 aliphatic carbocycles. The van der Waals surface area contributed by atoms with Gasteiger partial charge in [0.25, 0.3) is 5.91 Å². The number of carbonyl (C=O) groups excluding carboxylic acids is 1. The Balaban J connectivity index is 1.84. The zero-order valence-corrected chi connectivity index (χ0v) is 13.4. The van der Waals surface area contributed by atoms with Crippen molar-refractivity contribution in [1.82, 2.24) is 5.32 Å². The van der Waals surface area contributed by atoms with Crippen molar-refractivity contribution in [2.75, 3.05) is 6.61 Å². The number of rotatable bonds is 6. The predicted molar refractivity (Wildman–Crippen MR) is 83.9 cm³/mol. The SMILES string of the molecule is Cc1cc(OCC(=O)NCc2ccc(C(=O)O)o2)cc(C)c1Cl. The Hall–Kier alpha value is -2.47. The summed E-state index contributed by atoms with van der Waals surface area (Å²) in [7, 11) is 0. The van der Waals surface area contributed by atoms with Gasteiger partial charge in [0.15, 0.2) is 6.61 Å². The summed E-state index contributed by atoms with van der Waals surface area (Å²) < 4.78 is 10.5. The Labute approximate surface area is 138 Å².